The third-order valence-electron chi connectivity index (χ3n) is 1.87. The first-order valence-corrected chi connectivity index (χ1v) is 3.97. The third-order valence-corrected chi connectivity index (χ3v) is 1.87. The number of ether oxygens (including phenoxy) is 1. The lowest BCUT2D eigenvalue weighted by Crippen LogP contribution is -2.09. The Balaban J connectivity index is 2.39. The smallest absolute Gasteiger partial charge is 0.0789 e. The molecule has 0 spiro atoms. The number of hydrogen-bond donors (Lipinski definition) is 1. The molecule has 0 aliphatic heterocycles. The van der Waals surface area contributed by atoms with Gasteiger partial charge >= 0.3 is 0 Å². The lowest BCUT2D eigenvalue weighted by Gasteiger charge is -2.13. The SMILES string of the molecule is CO[C@H]1C=CC(CCN)=CC1. The molecule has 0 aromatic rings. The van der Waals surface area contributed by atoms with E-state index in [9.17, 15) is 0 Å². The predicted octanol–water partition coefficient (Wildman–Crippen LogP) is 1.24. The molecule has 62 valence electrons. The van der Waals surface area contributed by atoms with E-state index in [1.165, 1.54) is 5.57 Å². The summed E-state index contributed by atoms with van der Waals surface area (Å²) in [7, 11) is 1.73. The maximum Gasteiger partial charge on any atom is 0.0789 e. The van der Waals surface area contributed by atoms with Crippen LogP contribution in [0.5, 0.6) is 0 Å². The van der Waals surface area contributed by atoms with E-state index in [2.05, 4.69) is 18.2 Å². The summed E-state index contributed by atoms with van der Waals surface area (Å²) in [6, 6.07) is 0. The highest BCUT2D eigenvalue weighted by molar-refractivity contribution is 5.24. The van der Waals surface area contributed by atoms with Crippen molar-refractivity contribution in [1.29, 1.82) is 0 Å². The lowest BCUT2D eigenvalue weighted by atomic mass is 10.0. The van der Waals surface area contributed by atoms with Crippen molar-refractivity contribution in [2.24, 2.45) is 5.73 Å². The van der Waals surface area contributed by atoms with Gasteiger partial charge in [-0.25, -0.2) is 0 Å². The van der Waals surface area contributed by atoms with Gasteiger partial charge in [0.15, 0.2) is 0 Å². The van der Waals surface area contributed by atoms with Crippen LogP contribution in [0.4, 0.5) is 0 Å². The normalized spacial score (nSPS) is 23.5. The van der Waals surface area contributed by atoms with E-state index in [4.69, 9.17) is 10.5 Å². The highest BCUT2D eigenvalue weighted by atomic mass is 16.5. The van der Waals surface area contributed by atoms with Crippen LogP contribution in [0.3, 0.4) is 0 Å². The lowest BCUT2D eigenvalue weighted by molar-refractivity contribution is 0.142. The summed E-state index contributed by atoms with van der Waals surface area (Å²) in [5.74, 6) is 0. The molecule has 0 amide bonds. The first-order chi connectivity index (χ1) is 5.36. The van der Waals surface area contributed by atoms with Gasteiger partial charge in [0, 0.05) is 7.11 Å². The van der Waals surface area contributed by atoms with Crippen LogP contribution < -0.4 is 5.73 Å². The topological polar surface area (TPSA) is 35.2 Å². The molecule has 0 saturated carbocycles. The molecule has 2 N–H and O–H groups in total. The van der Waals surface area contributed by atoms with Gasteiger partial charge in [-0.15, -0.1) is 0 Å². The van der Waals surface area contributed by atoms with Crippen molar-refractivity contribution in [3.8, 4) is 0 Å². The Morgan fingerprint density at radius 3 is 3.00 bits per heavy atom. The molecule has 0 unspecified atom stereocenters. The predicted molar refractivity (Wildman–Crippen MR) is 46.3 cm³/mol. The standard InChI is InChI=1S/C9H15NO/c1-11-9-4-2-8(3-5-9)6-7-10/h2-4,9H,5-7,10H2,1H3/t9-/m0/s1. The minimum absolute atomic E-state index is 0.275. The first kappa shape index (κ1) is 8.50. The quantitative estimate of drug-likeness (QED) is 0.662. The Kier molecular flexibility index (Phi) is 3.33. The molecule has 2 heteroatoms. The summed E-state index contributed by atoms with van der Waals surface area (Å²) in [5.41, 5.74) is 6.75. The van der Waals surface area contributed by atoms with E-state index in [1.54, 1.807) is 7.11 Å². The van der Waals surface area contributed by atoms with Gasteiger partial charge in [0.25, 0.3) is 0 Å². The molecule has 0 bridgehead atoms. The molecule has 0 fully saturated rings. The zero-order chi connectivity index (χ0) is 8.10. The van der Waals surface area contributed by atoms with Crippen LogP contribution in [0.2, 0.25) is 0 Å². The molecule has 0 radical (unpaired) electrons. The van der Waals surface area contributed by atoms with Gasteiger partial charge < -0.3 is 10.5 Å². The number of hydrogen-bond acceptors (Lipinski definition) is 2. The van der Waals surface area contributed by atoms with E-state index < -0.39 is 0 Å². The average Bonchev–Trinajstić information content (AvgIpc) is 2.07. The van der Waals surface area contributed by atoms with E-state index in [1.807, 2.05) is 0 Å². The van der Waals surface area contributed by atoms with Crippen molar-refractivity contribution in [1.82, 2.24) is 0 Å². The fourth-order valence-electron chi connectivity index (χ4n) is 1.17. The number of nitrogens with two attached hydrogens (primary N) is 1. The zero-order valence-corrected chi connectivity index (χ0v) is 6.92. The van der Waals surface area contributed by atoms with Crippen molar-refractivity contribution in [2.75, 3.05) is 13.7 Å². The van der Waals surface area contributed by atoms with E-state index in [0.717, 1.165) is 19.4 Å². The molecule has 1 atom stereocenters. The highest BCUT2D eigenvalue weighted by Crippen LogP contribution is 2.14. The summed E-state index contributed by atoms with van der Waals surface area (Å²) in [4.78, 5) is 0. The van der Waals surface area contributed by atoms with Crippen LogP contribution in [0.15, 0.2) is 23.8 Å². The molecule has 1 aliphatic rings. The number of methoxy groups -OCH3 is 1. The molecule has 0 heterocycles. The second-order valence-corrected chi connectivity index (χ2v) is 2.69. The average molecular weight is 153 g/mol. The third kappa shape index (κ3) is 2.48. The molecule has 0 aromatic heterocycles. The maximum atomic E-state index is 5.42. The van der Waals surface area contributed by atoms with Crippen LogP contribution >= 0.6 is 0 Å². The Hall–Kier alpha value is -0.600. The van der Waals surface area contributed by atoms with E-state index in [0.29, 0.717) is 0 Å². The minimum atomic E-state index is 0.275. The fraction of sp³-hybridized carbons (Fsp3) is 0.556. The molecular formula is C9H15NO. The van der Waals surface area contributed by atoms with Crippen LogP contribution in [-0.4, -0.2) is 19.8 Å². The van der Waals surface area contributed by atoms with Crippen molar-refractivity contribution < 1.29 is 4.74 Å². The van der Waals surface area contributed by atoms with Gasteiger partial charge in [0.1, 0.15) is 0 Å². The second-order valence-electron chi connectivity index (χ2n) is 2.69. The van der Waals surface area contributed by atoms with Crippen molar-refractivity contribution in [3.05, 3.63) is 23.8 Å². The van der Waals surface area contributed by atoms with Crippen LogP contribution in [-0.2, 0) is 4.74 Å². The van der Waals surface area contributed by atoms with Gasteiger partial charge in [0.2, 0.25) is 0 Å². The largest absolute Gasteiger partial charge is 0.377 e. The Morgan fingerprint density at radius 2 is 2.55 bits per heavy atom. The molecule has 11 heavy (non-hydrogen) atoms. The highest BCUT2D eigenvalue weighted by Gasteiger charge is 2.05. The minimum Gasteiger partial charge on any atom is -0.377 e. The summed E-state index contributed by atoms with van der Waals surface area (Å²) in [6.45, 7) is 0.730. The zero-order valence-electron chi connectivity index (χ0n) is 6.92. The monoisotopic (exact) mass is 153 g/mol. The number of rotatable bonds is 3. The molecule has 1 aliphatic carbocycles. The molecule has 2 nitrogen and oxygen atoms in total. The molecule has 1 rings (SSSR count). The van der Waals surface area contributed by atoms with Gasteiger partial charge in [-0.1, -0.05) is 23.8 Å². The Labute approximate surface area is 67.7 Å². The molecule has 0 saturated heterocycles. The summed E-state index contributed by atoms with van der Waals surface area (Å²) >= 11 is 0. The van der Waals surface area contributed by atoms with Gasteiger partial charge in [-0.2, -0.15) is 0 Å². The van der Waals surface area contributed by atoms with Crippen molar-refractivity contribution in [2.45, 2.75) is 18.9 Å². The summed E-state index contributed by atoms with van der Waals surface area (Å²) in [6.07, 6.45) is 8.63. The van der Waals surface area contributed by atoms with Gasteiger partial charge in [-0.05, 0) is 19.4 Å². The summed E-state index contributed by atoms with van der Waals surface area (Å²) < 4.78 is 5.15. The second kappa shape index (κ2) is 4.31. The first-order valence-electron chi connectivity index (χ1n) is 3.97. The van der Waals surface area contributed by atoms with Crippen LogP contribution in [0, 0.1) is 0 Å². The van der Waals surface area contributed by atoms with E-state index >= 15 is 0 Å². The van der Waals surface area contributed by atoms with Crippen molar-refractivity contribution >= 4 is 0 Å². The van der Waals surface area contributed by atoms with E-state index in [-0.39, 0.29) is 6.10 Å². The Morgan fingerprint density at radius 1 is 1.73 bits per heavy atom. The maximum absolute atomic E-state index is 5.42. The number of allylic oxidation sites excluding steroid dienone is 1. The van der Waals surface area contributed by atoms with Gasteiger partial charge in [-0.3, -0.25) is 0 Å². The molecular weight excluding hydrogens is 138 g/mol. The van der Waals surface area contributed by atoms with Gasteiger partial charge in [0.05, 0.1) is 6.10 Å². The summed E-state index contributed by atoms with van der Waals surface area (Å²) in [5, 5.41) is 0. The van der Waals surface area contributed by atoms with Crippen molar-refractivity contribution in [3.63, 3.8) is 0 Å². The van der Waals surface area contributed by atoms with Crippen LogP contribution in [0.25, 0.3) is 0 Å². The van der Waals surface area contributed by atoms with Crippen LogP contribution in [0.1, 0.15) is 12.8 Å². The Bertz CT molecular complexity index is 172. The molecule has 0 aromatic carbocycles. The fourth-order valence-corrected chi connectivity index (χ4v) is 1.17.